The zero-order chi connectivity index (χ0) is 25.7. The van der Waals surface area contributed by atoms with Crippen molar-refractivity contribution in [1.29, 1.82) is 0 Å². The maximum Gasteiger partial charge on any atom is 0.128 e. The van der Waals surface area contributed by atoms with E-state index >= 15 is 0 Å². The second-order valence-corrected chi connectivity index (χ2v) is 14.2. The fourth-order valence-electron chi connectivity index (χ4n) is 4.47. The molecule has 1 unspecified atom stereocenters. The van der Waals surface area contributed by atoms with Crippen molar-refractivity contribution in [3.05, 3.63) is 140 Å². The molecule has 0 spiro atoms. The molecule has 0 heterocycles. The van der Waals surface area contributed by atoms with Gasteiger partial charge in [0.1, 0.15) is 11.4 Å². The number of para-hydroxylation sites is 1. The zero-order valence-corrected chi connectivity index (χ0v) is 23.4. The van der Waals surface area contributed by atoms with Crippen molar-refractivity contribution in [3.63, 3.8) is 0 Å². The molecular weight excluding hydrogens is 486 g/mol. The molecule has 0 N–H and O–H groups in total. The zero-order valence-electron chi connectivity index (χ0n) is 21.6. The van der Waals surface area contributed by atoms with Crippen LogP contribution in [0.3, 0.4) is 0 Å². The highest BCUT2D eigenvalue weighted by molar-refractivity contribution is 7.85. The Balaban J connectivity index is 1.76. The van der Waals surface area contributed by atoms with Crippen molar-refractivity contribution >= 4 is 47.7 Å². The molecule has 3 heteroatoms. The molecule has 184 valence electrons. The van der Waals surface area contributed by atoms with E-state index in [1.807, 2.05) is 0 Å². The largest absolute Gasteiger partial charge is 0.487 e. The fraction of sp³-hybridized carbons (Fsp3) is 0.118. The van der Waals surface area contributed by atoms with Gasteiger partial charge in [-0.15, -0.1) is 0 Å². The lowest BCUT2D eigenvalue weighted by atomic mass is 10.2. The predicted octanol–water partition coefficient (Wildman–Crippen LogP) is 6.38. The lowest BCUT2D eigenvalue weighted by molar-refractivity contribution is 0.132. The van der Waals surface area contributed by atoms with Gasteiger partial charge in [0, 0.05) is 5.30 Å². The summed E-state index contributed by atoms with van der Waals surface area (Å²) in [4.78, 5) is 0. The van der Waals surface area contributed by atoms with Crippen LogP contribution in [0.1, 0.15) is 20.8 Å². The number of hydrogen-bond acceptors (Lipinski definition) is 1. The van der Waals surface area contributed by atoms with Crippen LogP contribution >= 0.6 is 15.8 Å². The van der Waals surface area contributed by atoms with E-state index in [1.165, 1.54) is 31.8 Å². The van der Waals surface area contributed by atoms with Gasteiger partial charge in [-0.2, -0.15) is 0 Å². The molecule has 0 aliphatic heterocycles. The maximum atomic E-state index is 6.55. The molecule has 0 saturated heterocycles. The Labute approximate surface area is 223 Å². The van der Waals surface area contributed by atoms with E-state index in [-0.39, 0.29) is 5.60 Å². The monoisotopic (exact) mass is 518 g/mol. The summed E-state index contributed by atoms with van der Waals surface area (Å²) in [7, 11) is -1.60. The van der Waals surface area contributed by atoms with E-state index in [0.717, 1.165) is 5.75 Å². The Hall–Kier alpha value is -3.24. The molecule has 0 aliphatic carbocycles. The quantitative estimate of drug-likeness (QED) is 0.227. The summed E-state index contributed by atoms with van der Waals surface area (Å²) in [5.41, 5.74) is -0.284. The van der Waals surface area contributed by atoms with Gasteiger partial charge in [-0.05, 0) is 69.2 Å². The van der Waals surface area contributed by atoms with Crippen molar-refractivity contribution in [3.8, 4) is 5.75 Å². The summed E-state index contributed by atoms with van der Waals surface area (Å²) < 4.78 is 6.55. The number of rotatable bonds is 7. The summed E-state index contributed by atoms with van der Waals surface area (Å²) in [5.74, 6) is 0.962. The van der Waals surface area contributed by atoms with Crippen LogP contribution < -0.4 is 36.6 Å². The van der Waals surface area contributed by atoms with E-state index < -0.39 is 15.8 Å². The molecule has 0 bridgehead atoms. The molecule has 5 aromatic rings. The lowest BCUT2D eigenvalue weighted by Crippen LogP contribution is -2.35. The van der Waals surface area contributed by atoms with Gasteiger partial charge in [0.2, 0.25) is 0 Å². The molecule has 1 atom stereocenters. The molecule has 0 radical (unpaired) electrons. The third-order valence-corrected chi connectivity index (χ3v) is 11.1. The van der Waals surface area contributed by atoms with Crippen LogP contribution in [0.5, 0.6) is 5.75 Å². The van der Waals surface area contributed by atoms with Crippen LogP contribution in [-0.2, 0) is 0 Å². The highest BCUT2D eigenvalue weighted by Gasteiger charge is 2.28. The normalized spacial score (nSPS) is 12.3. The minimum atomic E-state index is -0.863. The molecular formula is C34H32OP2. The van der Waals surface area contributed by atoms with Gasteiger partial charge >= 0.3 is 0 Å². The van der Waals surface area contributed by atoms with E-state index in [4.69, 9.17) is 4.74 Å². The Morgan fingerprint density at radius 3 is 1.22 bits per heavy atom. The first-order valence-electron chi connectivity index (χ1n) is 12.6. The Morgan fingerprint density at radius 1 is 0.405 bits per heavy atom. The topological polar surface area (TPSA) is 9.23 Å². The minimum Gasteiger partial charge on any atom is -0.487 e. The van der Waals surface area contributed by atoms with E-state index in [9.17, 15) is 0 Å². The lowest BCUT2D eigenvalue weighted by Gasteiger charge is -2.30. The van der Waals surface area contributed by atoms with Crippen molar-refractivity contribution in [1.82, 2.24) is 0 Å². The van der Waals surface area contributed by atoms with Crippen LogP contribution in [0.2, 0.25) is 0 Å². The number of benzene rings is 5. The molecule has 0 aromatic heterocycles. The van der Waals surface area contributed by atoms with Crippen LogP contribution in [-0.4, -0.2) is 5.60 Å². The second-order valence-electron chi connectivity index (χ2n) is 9.85. The second kappa shape index (κ2) is 11.4. The predicted molar refractivity (Wildman–Crippen MR) is 164 cm³/mol. The van der Waals surface area contributed by atoms with Crippen molar-refractivity contribution in [2.45, 2.75) is 26.4 Å². The highest BCUT2D eigenvalue weighted by Crippen LogP contribution is 2.41. The average molecular weight is 519 g/mol. The van der Waals surface area contributed by atoms with Gasteiger partial charge in [-0.25, -0.2) is 0 Å². The smallest absolute Gasteiger partial charge is 0.128 e. The van der Waals surface area contributed by atoms with E-state index in [0.29, 0.717) is 0 Å². The van der Waals surface area contributed by atoms with E-state index in [2.05, 4.69) is 160 Å². The fourth-order valence-corrected chi connectivity index (χ4v) is 9.80. The molecule has 5 aromatic carbocycles. The van der Waals surface area contributed by atoms with Gasteiger partial charge < -0.3 is 4.74 Å². The molecule has 0 amide bonds. The van der Waals surface area contributed by atoms with Crippen LogP contribution in [0.25, 0.3) is 0 Å². The Kier molecular flexibility index (Phi) is 7.85. The van der Waals surface area contributed by atoms with Gasteiger partial charge in [0.05, 0.1) is 0 Å². The minimum absolute atomic E-state index is 0.284. The summed E-state index contributed by atoms with van der Waals surface area (Å²) in [6, 6.07) is 50.5. The standard InChI is InChI=1S/C34H32OP2/c1-34(2,3)35-30-23-13-14-24-31(30)37(29-21-11-6-12-22-29)33-26-16-15-25-32(33)36(27-17-7-4-8-18-27)28-19-9-5-10-20-28/h4-26H,1-3H3. The first-order chi connectivity index (χ1) is 18.0. The summed E-state index contributed by atoms with van der Waals surface area (Å²) >= 11 is 0. The van der Waals surface area contributed by atoms with Gasteiger partial charge in [0.15, 0.2) is 0 Å². The molecule has 37 heavy (non-hydrogen) atoms. The SMILES string of the molecule is CC(C)(C)Oc1ccccc1P(c1ccccc1)c1ccccc1P(c1ccccc1)c1ccccc1. The van der Waals surface area contributed by atoms with Gasteiger partial charge in [-0.3, -0.25) is 0 Å². The maximum absolute atomic E-state index is 6.55. The molecule has 1 nitrogen and oxygen atoms in total. The average Bonchev–Trinajstić information content (AvgIpc) is 2.92. The molecule has 0 saturated carbocycles. The first-order valence-corrected chi connectivity index (χ1v) is 15.3. The number of ether oxygens (including phenoxy) is 1. The van der Waals surface area contributed by atoms with Gasteiger partial charge in [0.25, 0.3) is 0 Å². The summed E-state index contributed by atoms with van der Waals surface area (Å²) in [5, 5.41) is 8.08. The van der Waals surface area contributed by atoms with Crippen LogP contribution in [0.15, 0.2) is 140 Å². The van der Waals surface area contributed by atoms with Crippen LogP contribution in [0.4, 0.5) is 0 Å². The third-order valence-electron chi connectivity index (χ3n) is 5.93. The van der Waals surface area contributed by atoms with Crippen molar-refractivity contribution in [2.24, 2.45) is 0 Å². The molecule has 0 fully saturated rings. The third kappa shape index (κ3) is 6.02. The summed E-state index contributed by atoms with van der Waals surface area (Å²) in [6.45, 7) is 6.35. The molecule has 0 aliphatic rings. The summed E-state index contributed by atoms with van der Waals surface area (Å²) in [6.07, 6.45) is 0. The van der Waals surface area contributed by atoms with E-state index in [1.54, 1.807) is 0 Å². The van der Waals surface area contributed by atoms with Gasteiger partial charge in [-0.1, -0.05) is 133 Å². The highest BCUT2D eigenvalue weighted by atomic mass is 31.1. The first kappa shape index (κ1) is 25.4. The Bertz CT molecular complexity index is 1390. The van der Waals surface area contributed by atoms with Crippen molar-refractivity contribution in [2.75, 3.05) is 0 Å². The molecule has 5 rings (SSSR count). The number of hydrogen-bond donors (Lipinski definition) is 0. The van der Waals surface area contributed by atoms with Crippen LogP contribution in [0, 0.1) is 0 Å². The van der Waals surface area contributed by atoms with Crippen molar-refractivity contribution < 1.29 is 4.74 Å². The Morgan fingerprint density at radius 2 is 0.757 bits per heavy atom.